The van der Waals surface area contributed by atoms with E-state index in [1.54, 1.807) is 22.0 Å². The van der Waals surface area contributed by atoms with Gasteiger partial charge >= 0.3 is 0 Å². The molecule has 29 heavy (non-hydrogen) atoms. The Kier molecular flexibility index (Phi) is 4.22. The second-order valence-electron chi connectivity index (χ2n) is 7.85. The number of amides is 1. The summed E-state index contributed by atoms with van der Waals surface area (Å²) in [4.78, 5) is 19.0. The van der Waals surface area contributed by atoms with E-state index in [-0.39, 0.29) is 30.9 Å². The molecule has 0 unspecified atom stereocenters. The number of aromatic nitrogens is 3. The Bertz CT molecular complexity index is 1020. The molecule has 4 atom stereocenters. The summed E-state index contributed by atoms with van der Waals surface area (Å²) in [5.74, 6) is -0.155. The Balaban J connectivity index is 1.45. The average Bonchev–Trinajstić information content (AvgIpc) is 3.04. The molecule has 1 saturated carbocycles. The van der Waals surface area contributed by atoms with Crippen LogP contribution in [0.25, 0.3) is 5.69 Å². The zero-order chi connectivity index (χ0) is 20.0. The summed E-state index contributed by atoms with van der Waals surface area (Å²) >= 11 is 0. The van der Waals surface area contributed by atoms with Gasteiger partial charge < -0.3 is 15.1 Å². The van der Waals surface area contributed by atoms with E-state index < -0.39 is 11.5 Å². The van der Waals surface area contributed by atoms with Crippen molar-refractivity contribution in [2.75, 3.05) is 19.7 Å². The summed E-state index contributed by atoms with van der Waals surface area (Å²) in [5, 5.41) is 25.0. The molecule has 2 fully saturated rings. The first kappa shape index (κ1) is 18.0. The maximum absolute atomic E-state index is 13.4. The number of rotatable bonds is 4. The number of para-hydroxylation sites is 1. The average molecular weight is 390 g/mol. The summed E-state index contributed by atoms with van der Waals surface area (Å²) < 4.78 is 1.57. The van der Waals surface area contributed by atoms with Gasteiger partial charge in [0.2, 0.25) is 0 Å². The first-order valence-electron chi connectivity index (χ1n) is 9.74. The Hall–Kier alpha value is -3.03. The van der Waals surface area contributed by atoms with Crippen LogP contribution in [0.5, 0.6) is 0 Å². The molecule has 1 aliphatic heterocycles. The Morgan fingerprint density at radius 3 is 2.62 bits per heavy atom. The monoisotopic (exact) mass is 390 g/mol. The molecule has 1 amide bonds. The molecule has 1 saturated heterocycles. The van der Waals surface area contributed by atoms with Crippen molar-refractivity contribution in [2.45, 2.75) is 12.0 Å². The normalized spacial score (nSPS) is 28.1. The van der Waals surface area contributed by atoms with E-state index in [1.165, 1.54) is 6.33 Å². The van der Waals surface area contributed by atoms with Crippen LogP contribution in [-0.4, -0.2) is 61.6 Å². The number of carbonyl (C=O) groups is 1. The highest BCUT2D eigenvalue weighted by molar-refractivity contribution is 5.98. The summed E-state index contributed by atoms with van der Waals surface area (Å²) in [7, 11) is 0. The Labute approximate surface area is 168 Å². The van der Waals surface area contributed by atoms with Gasteiger partial charge in [0, 0.05) is 25.1 Å². The molecular weight excluding hydrogens is 368 g/mol. The summed E-state index contributed by atoms with van der Waals surface area (Å²) in [6.45, 7) is 0.669. The summed E-state index contributed by atoms with van der Waals surface area (Å²) in [5.41, 5.74) is 1.77. The maximum Gasteiger partial charge on any atom is 0.256 e. The number of β-amino-alcohol motifs (C(OH)–C–C–N with tert-alkyl or cyclic N) is 1. The van der Waals surface area contributed by atoms with Gasteiger partial charge in [-0.15, -0.1) is 0 Å². The van der Waals surface area contributed by atoms with E-state index in [9.17, 15) is 15.0 Å². The van der Waals surface area contributed by atoms with Crippen molar-refractivity contribution < 1.29 is 15.0 Å². The van der Waals surface area contributed by atoms with E-state index in [1.807, 2.05) is 48.5 Å². The van der Waals surface area contributed by atoms with Gasteiger partial charge in [-0.05, 0) is 29.5 Å². The minimum atomic E-state index is -0.674. The maximum atomic E-state index is 13.4. The first-order valence-corrected chi connectivity index (χ1v) is 9.74. The predicted octanol–water partition coefficient (Wildman–Crippen LogP) is 1.48. The van der Waals surface area contributed by atoms with E-state index in [4.69, 9.17) is 0 Å². The molecular formula is C22H22N4O3. The predicted molar refractivity (Wildman–Crippen MR) is 105 cm³/mol. The smallest absolute Gasteiger partial charge is 0.256 e. The molecule has 2 aromatic carbocycles. The number of hydrogen-bond acceptors (Lipinski definition) is 5. The lowest BCUT2D eigenvalue weighted by Gasteiger charge is -2.18. The minimum absolute atomic E-state index is 0.00576. The summed E-state index contributed by atoms with van der Waals surface area (Å²) in [6, 6.07) is 17.2. The molecule has 2 aliphatic rings. The van der Waals surface area contributed by atoms with Crippen LogP contribution in [0.3, 0.4) is 0 Å². The van der Waals surface area contributed by atoms with Crippen LogP contribution in [0.15, 0.2) is 67.3 Å². The van der Waals surface area contributed by atoms with Gasteiger partial charge in [-0.1, -0.05) is 42.5 Å². The quantitative estimate of drug-likeness (QED) is 0.704. The van der Waals surface area contributed by atoms with Crippen LogP contribution in [0.4, 0.5) is 0 Å². The molecule has 7 nitrogen and oxygen atoms in total. The second kappa shape index (κ2) is 6.79. The Morgan fingerprint density at radius 2 is 1.90 bits per heavy atom. The number of nitrogens with zero attached hydrogens (tertiary/aromatic N) is 4. The molecule has 148 valence electrons. The number of aliphatic hydroxyl groups excluding tert-OH is 2. The topological polar surface area (TPSA) is 91.5 Å². The number of carbonyl (C=O) groups excluding carboxylic acids is 1. The number of hydrogen-bond donors (Lipinski definition) is 2. The molecule has 7 heteroatoms. The van der Waals surface area contributed by atoms with Crippen LogP contribution in [0, 0.1) is 11.3 Å². The zero-order valence-corrected chi connectivity index (χ0v) is 15.8. The van der Waals surface area contributed by atoms with Crippen molar-refractivity contribution in [3.63, 3.8) is 0 Å². The van der Waals surface area contributed by atoms with Gasteiger partial charge in [0.25, 0.3) is 5.91 Å². The van der Waals surface area contributed by atoms with Crippen LogP contribution < -0.4 is 0 Å². The standard InChI is InChI=1S/C22H22N4O3/c27-11-17-20(15-6-2-1-3-7-15)22(17)12-25(10-19(22)28)21(29)16-8-4-5-9-18(16)26-14-23-13-24-26/h1-9,13-14,17,19-20,27-28H,10-12H2/t17-,19+,20-,22-/m1/s1. The van der Waals surface area contributed by atoms with Crippen LogP contribution in [0.2, 0.25) is 0 Å². The van der Waals surface area contributed by atoms with Gasteiger partial charge in [0.1, 0.15) is 12.7 Å². The van der Waals surface area contributed by atoms with Crippen molar-refractivity contribution >= 4 is 5.91 Å². The van der Waals surface area contributed by atoms with Gasteiger partial charge in [-0.2, -0.15) is 5.10 Å². The second-order valence-corrected chi connectivity index (χ2v) is 7.85. The van der Waals surface area contributed by atoms with Crippen molar-refractivity contribution in [3.8, 4) is 5.69 Å². The van der Waals surface area contributed by atoms with Crippen LogP contribution in [0.1, 0.15) is 21.8 Å². The third kappa shape index (κ3) is 2.69. The number of benzene rings is 2. The zero-order valence-electron chi connectivity index (χ0n) is 15.8. The fraction of sp³-hybridized carbons (Fsp3) is 0.318. The molecule has 5 rings (SSSR count). The molecule has 1 spiro atoms. The lowest BCUT2D eigenvalue weighted by Crippen LogP contribution is -2.30. The fourth-order valence-electron chi connectivity index (χ4n) is 5.08. The largest absolute Gasteiger partial charge is 0.396 e. The molecule has 0 radical (unpaired) electrons. The molecule has 1 aliphatic carbocycles. The molecule has 2 N–H and O–H groups in total. The van der Waals surface area contributed by atoms with Crippen molar-refractivity contribution in [2.24, 2.45) is 11.3 Å². The molecule has 2 heterocycles. The highest BCUT2D eigenvalue weighted by Crippen LogP contribution is 2.68. The number of aliphatic hydroxyl groups is 2. The SMILES string of the molecule is O=C(c1ccccc1-n1cncn1)N1C[C@H](O)[C@@]2(C1)[C@H](CO)[C@H]2c1ccccc1. The lowest BCUT2D eigenvalue weighted by atomic mass is 9.95. The third-order valence-corrected chi connectivity index (χ3v) is 6.48. The van der Waals surface area contributed by atoms with Gasteiger partial charge in [0.15, 0.2) is 0 Å². The van der Waals surface area contributed by atoms with Gasteiger partial charge in [-0.25, -0.2) is 9.67 Å². The third-order valence-electron chi connectivity index (χ3n) is 6.48. The Morgan fingerprint density at radius 1 is 1.14 bits per heavy atom. The number of likely N-dealkylation sites (tertiary alicyclic amines) is 1. The van der Waals surface area contributed by atoms with Crippen molar-refractivity contribution in [1.82, 2.24) is 19.7 Å². The summed E-state index contributed by atoms with van der Waals surface area (Å²) in [6.07, 6.45) is 2.31. The molecule has 1 aromatic heterocycles. The first-order chi connectivity index (χ1) is 14.2. The van der Waals surface area contributed by atoms with Crippen molar-refractivity contribution in [1.29, 1.82) is 0 Å². The lowest BCUT2D eigenvalue weighted by molar-refractivity contribution is 0.0764. The van der Waals surface area contributed by atoms with E-state index in [2.05, 4.69) is 10.1 Å². The van der Waals surface area contributed by atoms with E-state index >= 15 is 0 Å². The van der Waals surface area contributed by atoms with Gasteiger partial charge in [-0.3, -0.25) is 4.79 Å². The van der Waals surface area contributed by atoms with Gasteiger partial charge in [0.05, 0.1) is 17.4 Å². The highest BCUT2D eigenvalue weighted by Gasteiger charge is 2.71. The van der Waals surface area contributed by atoms with E-state index in [0.29, 0.717) is 17.8 Å². The fourth-order valence-corrected chi connectivity index (χ4v) is 5.08. The minimum Gasteiger partial charge on any atom is -0.396 e. The van der Waals surface area contributed by atoms with E-state index in [0.717, 1.165) is 5.56 Å². The highest BCUT2D eigenvalue weighted by atomic mass is 16.3. The van der Waals surface area contributed by atoms with Crippen LogP contribution >= 0.6 is 0 Å². The van der Waals surface area contributed by atoms with Crippen LogP contribution in [-0.2, 0) is 0 Å². The molecule has 0 bridgehead atoms. The van der Waals surface area contributed by atoms with Crippen molar-refractivity contribution in [3.05, 3.63) is 78.4 Å². The molecule has 3 aromatic rings.